The highest BCUT2D eigenvalue weighted by molar-refractivity contribution is 9.11. The topological polar surface area (TPSA) is 34.1 Å². The van der Waals surface area contributed by atoms with Gasteiger partial charge in [-0.05, 0) is 59.6 Å². The Balaban J connectivity index is 2.09. The number of hydrogen-bond donors (Lipinski definition) is 1. The minimum absolute atomic E-state index is 0.606. The Bertz CT molecular complexity index is 617. The maximum absolute atomic E-state index is 5.83. The minimum Gasteiger partial charge on any atom is -0.438 e. The van der Waals surface area contributed by atoms with Crippen LogP contribution in [0.25, 0.3) is 0 Å². The Labute approximate surface area is 142 Å². The summed E-state index contributed by atoms with van der Waals surface area (Å²) in [4.78, 5) is 4.52. The Hall–Kier alpha value is -0.910. The molecular formula is C16H18Br2N2O. The third-order valence-corrected chi connectivity index (χ3v) is 4.13. The zero-order valence-electron chi connectivity index (χ0n) is 12.1. The molecule has 0 amide bonds. The van der Waals surface area contributed by atoms with Crippen LogP contribution in [0.1, 0.15) is 24.6 Å². The largest absolute Gasteiger partial charge is 0.438 e. The Morgan fingerprint density at radius 3 is 2.67 bits per heavy atom. The summed E-state index contributed by atoms with van der Waals surface area (Å²) < 4.78 is 7.72. The SMILES string of the molecule is CCCNCc1ccc(Oc2ccc(Br)cc2Br)nc1C. The van der Waals surface area contributed by atoms with E-state index in [9.17, 15) is 0 Å². The van der Waals surface area contributed by atoms with Crippen molar-refractivity contribution in [3.8, 4) is 11.6 Å². The van der Waals surface area contributed by atoms with Crippen molar-refractivity contribution in [1.29, 1.82) is 0 Å². The highest BCUT2D eigenvalue weighted by Crippen LogP contribution is 2.31. The molecule has 0 aliphatic heterocycles. The number of aromatic nitrogens is 1. The van der Waals surface area contributed by atoms with E-state index in [4.69, 9.17) is 4.74 Å². The molecule has 1 aromatic heterocycles. The van der Waals surface area contributed by atoms with Crippen molar-refractivity contribution in [1.82, 2.24) is 10.3 Å². The van der Waals surface area contributed by atoms with Crippen LogP contribution in [0.5, 0.6) is 11.6 Å². The predicted octanol–water partition coefficient (Wildman–Crippen LogP) is 5.21. The van der Waals surface area contributed by atoms with Crippen molar-refractivity contribution in [2.24, 2.45) is 0 Å². The lowest BCUT2D eigenvalue weighted by molar-refractivity contribution is 0.458. The standard InChI is InChI=1S/C16H18Br2N2O/c1-3-8-19-10-12-4-7-16(20-11(12)2)21-15-6-5-13(17)9-14(15)18/h4-7,9,19H,3,8,10H2,1-2H3. The summed E-state index contributed by atoms with van der Waals surface area (Å²) in [7, 11) is 0. The van der Waals surface area contributed by atoms with Crippen molar-refractivity contribution in [3.63, 3.8) is 0 Å². The third kappa shape index (κ3) is 4.80. The van der Waals surface area contributed by atoms with Crippen molar-refractivity contribution in [2.45, 2.75) is 26.8 Å². The quantitative estimate of drug-likeness (QED) is 0.660. The molecule has 0 atom stereocenters. The van der Waals surface area contributed by atoms with Crippen LogP contribution in [-0.4, -0.2) is 11.5 Å². The molecule has 1 heterocycles. The van der Waals surface area contributed by atoms with Crippen molar-refractivity contribution in [3.05, 3.63) is 50.5 Å². The second-order valence-corrected chi connectivity index (χ2v) is 6.52. The molecule has 2 rings (SSSR count). The lowest BCUT2D eigenvalue weighted by Crippen LogP contribution is -2.15. The average Bonchev–Trinajstić information content (AvgIpc) is 2.44. The van der Waals surface area contributed by atoms with Gasteiger partial charge in [-0.3, -0.25) is 0 Å². The van der Waals surface area contributed by atoms with Crippen LogP contribution in [0.15, 0.2) is 39.3 Å². The summed E-state index contributed by atoms with van der Waals surface area (Å²) in [6, 6.07) is 9.76. The fourth-order valence-corrected chi connectivity index (χ4v) is 3.01. The van der Waals surface area contributed by atoms with Crippen LogP contribution in [0.4, 0.5) is 0 Å². The van der Waals surface area contributed by atoms with Gasteiger partial charge in [0.15, 0.2) is 0 Å². The zero-order valence-corrected chi connectivity index (χ0v) is 15.3. The summed E-state index contributed by atoms with van der Waals surface area (Å²) >= 11 is 6.91. The third-order valence-electron chi connectivity index (χ3n) is 3.02. The smallest absolute Gasteiger partial charge is 0.219 e. The molecule has 0 aliphatic rings. The van der Waals surface area contributed by atoms with Gasteiger partial charge in [-0.1, -0.05) is 28.9 Å². The molecular weight excluding hydrogens is 396 g/mol. The molecule has 3 nitrogen and oxygen atoms in total. The van der Waals surface area contributed by atoms with Gasteiger partial charge in [0, 0.05) is 22.8 Å². The first-order chi connectivity index (χ1) is 10.1. The van der Waals surface area contributed by atoms with Gasteiger partial charge in [-0.25, -0.2) is 4.98 Å². The summed E-state index contributed by atoms with van der Waals surface area (Å²) in [6.07, 6.45) is 1.13. The molecule has 0 saturated carbocycles. The van der Waals surface area contributed by atoms with E-state index >= 15 is 0 Å². The van der Waals surface area contributed by atoms with Crippen molar-refractivity contribution in [2.75, 3.05) is 6.54 Å². The van der Waals surface area contributed by atoms with E-state index in [1.165, 1.54) is 5.56 Å². The van der Waals surface area contributed by atoms with E-state index < -0.39 is 0 Å². The summed E-state index contributed by atoms with van der Waals surface area (Å²) in [5, 5.41) is 3.38. The number of benzene rings is 1. The maximum Gasteiger partial charge on any atom is 0.219 e. The first kappa shape index (κ1) is 16.5. The fourth-order valence-electron chi connectivity index (χ4n) is 1.88. The molecule has 5 heteroatoms. The van der Waals surface area contributed by atoms with E-state index in [1.54, 1.807) is 0 Å². The van der Waals surface area contributed by atoms with Crippen LogP contribution in [0, 0.1) is 6.92 Å². The minimum atomic E-state index is 0.606. The summed E-state index contributed by atoms with van der Waals surface area (Å²) in [5.74, 6) is 1.36. The van der Waals surface area contributed by atoms with Gasteiger partial charge in [0.1, 0.15) is 5.75 Å². The van der Waals surface area contributed by atoms with Crippen LogP contribution in [0.2, 0.25) is 0 Å². The number of nitrogens with one attached hydrogen (secondary N) is 1. The number of aryl methyl sites for hydroxylation is 1. The van der Waals surface area contributed by atoms with Crippen LogP contribution in [-0.2, 0) is 6.54 Å². The molecule has 0 fully saturated rings. The summed E-state index contributed by atoms with van der Waals surface area (Å²) in [6.45, 7) is 6.02. The highest BCUT2D eigenvalue weighted by Gasteiger charge is 2.06. The maximum atomic E-state index is 5.83. The molecule has 1 aromatic carbocycles. The number of rotatable bonds is 6. The molecule has 0 bridgehead atoms. The van der Waals surface area contributed by atoms with E-state index in [2.05, 4.69) is 55.2 Å². The number of nitrogens with zero attached hydrogens (tertiary/aromatic N) is 1. The summed E-state index contributed by atoms with van der Waals surface area (Å²) in [5.41, 5.74) is 2.19. The number of pyridine rings is 1. The fraction of sp³-hybridized carbons (Fsp3) is 0.312. The molecule has 112 valence electrons. The highest BCUT2D eigenvalue weighted by atomic mass is 79.9. The van der Waals surface area contributed by atoms with Gasteiger partial charge in [0.25, 0.3) is 0 Å². The first-order valence-corrected chi connectivity index (χ1v) is 8.49. The molecule has 21 heavy (non-hydrogen) atoms. The van der Waals surface area contributed by atoms with Gasteiger partial charge in [0.2, 0.25) is 5.88 Å². The lowest BCUT2D eigenvalue weighted by atomic mass is 10.2. The number of ether oxygens (including phenoxy) is 1. The average molecular weight is 414 g/mol. The monoisotopic (exact) mass is 412 g/mol. The lowest BCUT2D eigenvalue weighted by Gasteiger charge is -2.10. The molecule has 0 saturated heterocycles. The number of hydrogen-bond acceptors (Lipinski definition) is 3. The van der Waals surface area contributed by atoms with Crippen molar-refractivity contribution < 1.29 is 4.74 Å². The number of halogens is 2. The van der Waals surface area contributed by atoms with Gasteiger partial charge >= 0.3 is 0 Å². The Morgan fingerprint density at radius 2 is 2.00 bits per heavy atom. The van der Waals surface area contributed by atoms with Crippen LogP contribution in [0.3, 0.4) is 0 Å². The molecule has 0 unspecified atom stereocenters. The van der Waals surface area contributed by atoms with E-state index in [1.807, 2.05) is 31.2 Å². The second kappa shape index (κ2) is 7.92. The normalized spacial score (nSPS) is 10.7. The van der Waals surface area contributed by atoms with Gasteiger partial charge in [0.05, 0.1) is 4.47 Å². The molecule has 0 spiro atoms. The Morgan fingerprint density at radius 1 is 1.19 bits per heavy atom. The molecule has 0 radical (unpaired) electrons. The molecule has 0 aliphatic carbocycles. The van der Waals surface area contributed by atoms with Crippen LogP contribution >= 0.6 is 31.9 Å². The molecule has 2 aromatic rings. The van der Waals surface area contributed by atoms with E-state index in [0.29, 0.717) is 5.88 Å². The van der Waals surface area contributed by atoms with E-state index in [0.717, 1.165) is 39.9 Å². The first-order valence-electron chi connectivity index (χ1n) is 6.90. The zero-order chi connectivity index (χ0) is 15.2. The van der Waals surface area contributed by atoms with Gasteiger partial charge in [-0.15, -0.1) is 0 Å². The van der Waals surface area contributed by atoms with E-state index in [-0.39, 0.29) is 0 Å². The second-order valence-electron chi connectivity index (χ2n) is 4.75. The van der Waals surface area contributed by atoms with Crippen molar-refractivity contribution >= 4 is 31.9 Å². The van der Waals surface area contributed by atoms with Gasteiger partial charge in [-0.2, -0.15) is 0 Å². The van der Waals surface area contributed by atoms with Crippen LogP contribution < -0.4 is 10.1 Å². The predicted molar refractivity (Wildman–Crippen MR) is 92.9 cm³/mol. The van der Waals surface area contributed by atoms with Gasteiger partial charge < -0.3 is 10.1 Å². The molecule has 1 N–H and O–H groups in total. The Kier molecular flexibility index (Phi) is 6.21.